The minimum absolute atomic E-state index is 0.567. The summed E-state index contributed by atoms with van der Waals surface area (Å²) in [4.78, 5) is 8.44. The SMILES string of the molecule is CCCc1nc(N)cc(SC)n1. The van der Waals surface area contributed by atoms with Crippen LogP contribution in [-0.4, -0.2) is 16.2 Å². The molecule has 0 radical (unpaired) electrons. The molecule has 0 aliphatic rings. The van der Waals surface area contributed by atoms with Crippen LogP contribution in [0.4, 0.5) is 5.82 Å². The lowest BCUT2D eigenvalue weighted by Gasteiger charge is -2.01. The number of aryl methyl sites for hydroxylation is 1. The Morgan fingerprint density at radius 1 is 1.50 bits per heavy atom. The monoisotopic (exact) mass is 183 g/mol. The van der Waals surface area contributed by atoms with Crippen molar-refractivity contribution in [2.75, 3.05) is 12.0 Å². The molecule has 0 saturated heterocycles. The van der Waals surface area contributed by atoms with Crippen LogP contribution in [0.2, 0.25) is 0 Å². The quantitative estimate of drug-likeness (QED) is 0.573. The highest BCUT2D eigenvalue weighted by atomic mass is 32.2. The van der Waals surface area contributed by atoms with Gasteiger partial charge in [0.25, 0.3) is 0 Å². The van der Waals surface area contributed by atoms with Crippen molar-refractivity contribution >= 4 is 17.6 Å². The van der Waals surface area contributed by atoms with Gasteiger partial charge in [0, 0.05) is 12.5 Å². The Bertz CT molecular complexity index is 262. The van der Waals surface area contributed by atoms with Gasteiger partial charge in [-0.25, -0.2) is 9.97 Å². The predicted octanol–water partition coefficient (Wildman–Crippen LogP) is 1.73. The van der Waals surface area contributed by atoms with Gasteiger partial charge in [0.15, 0.2) is 0 Å². The third kappa shape index (κ3) is 2.37. The summed E-state index contributed by atoms with van der Waals surface area (Å²) >= 11 is 1.59. The standard InChI is InChI=1S/C8H13N3S/c1-3-4-7-10-6(9)5-8(11-7)12-2/h5H,3-4H2,1-2H3,(H2,9,10,11). The van der Waals surface area contributed by atoms with E-state index < -0.39 is 0 Å². The summed E-state index contributed by atoms with van der Waals surface area (Å²) in [5.41, 5.74) is 5.60. The van der Waals surface area contributed by atoms with Crippen molar-refractivity contribution in [3.63, 3.8) is 0 Å². The molecule has 66 valence electrons. The van der Waals surface area contributed by atoms with Gasteiger partial charge in [-0.05, 0) is 12.7 Å². The predicted molar refractivity (Wildman–Crippen MR) is 52.2 cm³/mol. The molecule has 0 fully saturated rings. The molecule has 0 saturated carbocycles. The van der Waals surface area contributed by atoms with Crippen LogP contribution < -0.4 is 5.73 Å². The van der Waals surface area contributed by atoms with Gasteiger partial charge in [-0.15, -0.1) is 11.8 Å². The van der Waals surface area contributed by atoms with Gasteiger partial charge in [-0.1, -0.05) is 6.92 Å². The van der Waals surface area contributed by atoms with E-state index in [4.69, 9.17) is 5.73 Å². The Hall–Kier alpha value is -0.770. The second-order valence-electron chi connectivity index (χ2n) is 2.50. The fraction of sp³-hybridized carbons (Fsp3) is 0.500. The minimum atomic E-state index is 0.567. The van der Waals surface area contributed by atoms with Crippen LogP contribution >= 0.6 is 11.8 Å². The van der Waals surface area contributed by atoms with E-state index in [2.05, 4.69) is 16.9 Å². The largest absolute Gasteiger partial charge is 0.384 e. The Balaban J connectivity index is 2.90. The molecule has 0 aliphatic heterocycles. The van der Waals surface area contributed by atoms with Crippen LogP contribution in [0.1, 0.15) is 19.2 Å². The lowest BCUT2D eigenvalue weighted by molar-refractivity contribution is 0.813. The van der Waals surface area contributed by atoms with Gasteiger partial charge < -0.3 is 5.73 Å². The van der Waals surface area contributed by atoms with Crippen LogP contribution in [-0.2, 0) is 6.42 Å². The normalized spacial score (nSPS) is 10.2. The van der Waals surface area contributed by atoms with Crippen LogP contribution in [0, 0.1) is 0 Å². The van der Waals surface area contributed by atoms with E-state index in [1.807, 2.05) is 6.26 Å². The molecular formula is C8H13N3S. The number of nitrogen functional groups attached to an aromatic ring is 1. The first-order chi connectivity index (χ1) is 5.76. The van der Waals surface area contributed by atoms with Crippen molar-refractivity contribution in [1.29, 1.82) is 0 Å². The van der Waals surface area contributed by atoms with E-state index in [-0.39, 0.29) is 0 Å². The molecule has 0 spiro atoms. The van der Waals surface area contributed by atoms with E-state index >= 15 is 0 Å². The average Bonchev–Trinajstić information content (AvgIpc) is 2.04. The van der Waals surface area contributed by atoms with Gasteiger partial charge in [-0.3, -0.25) is 0 Å². The molecule has 0 bridgehead atoms. The second-order valence-corrected chi connectivity index (χ2v) is 3.33. The van der Waals surface area contributed by atoms with E-state index in [0.717, 1.165) is 23.7 Å². The number of thioether (sulfide) groups is 1. The summed E-state index contributed by atoms with van der Waals surface area (Å²) in [5, 5.41) is 0.950. The van der Waals surface area contributed by atoms with Crippen LogP contribution in [0.25, 0.3) is 0 Å². The molecular weight excluding hydrogens is 170 g/mol. The first kappa shape index (κ1) is 9.32. The molecule has 2 N–H and O–H groups in total. The van der Waals surface area contributed by atoms with Gasteiger partial charge in [-0.2, -0.15) is 0 Å². The number of nitrogens with zero attached hydrogens (tertiary/aromatic N) is 2. The Labute approximate surface area is 76.8 Å². The molecule has 0 aliphatic carbocycles. The highest BCUT2D eigenvalue weighted by Gasteiger charge is 1.99. The Morgan fingerprint density at radius 3 is 2.83 bits per heavy atom. The Kier molecular flexibility index (Phi) is 3.34. The van der Waals surface area contributed by atoms with Gasteiger partial charge in [0.1, 0.15) is 16.7 Å². The molecule has 1 rings (SSSR count). The number of aromatic nitrogens is 2. The molecule has 3 nitrogen and oxygen atoms in total. The van der Waals surface area contributed by atoms with Crippen molar-refractivity contribution in [2.45, 2.75) is 24.8 Å². The maximum atomic E-state index is 5.60. The van der Waals surface area contributed by atoms with Crippen molar-refractivity contribution < 1.29 is 0 Å². The summed E-state index contributed by atoms with van der Waals surface area (Å²) in [5.74, 6) is 1.42. The molecule has 1 heterocycles. The molecule has 1 aromatic heterocycles. The average molecular weight is 183 g/mol. The van der Waals surface area contributed by atoms with Gasteiger partial charge in [0.2, 0.25) is 0 Å². The smallest absolute Gasteiger partial charge is 0.132 e. The first-order valence-electron chi connectivity index (χ1n) is 3.93. The van der Waals surface area contributed by atoms with Crippen molar-refractivity contribution in [1.82, 2.24) is 9.97 Å². The lowest BCUT2D eigenvalue weighted by Crippen LogP contribution is -2.00. The van der Waals surface area contributed by atoms with Crippen molar-refractivity contribution in [3.8, 4) is 0 Å². The van der Waals surface area contributed by atoms with E-state index in [9.17, 15) is 0 Å². The number of hydrogen-bond acceptors (Lipinski definition) is 4. The summed E-state index contributed by atoms with van der Waals surface area (Å²) < 4.78 is 0. The number of rotatable bonds is 3. The van der Waals surface area contributed by atoms with Crippen molar-refractivity contribution in [3.05, 3.63) is 11.9 Å². The molecule has 0 aromatic carbocycles. The minimum Gasteiger partial charge on any atom is -0.384 e. The summed E-state index contributed by atoms with van der Waals surface area (Å²) in [6, 6.07) is 1.80. The van der Waals surface area contributed by atoms with Crippen LogP contribution in [0.15, 0.2) is 11.1 Å². The third-order valence-corrected chi connectivity index (χ3v) is 2.08. The highest BCUT2D eigenvalue weighted by molar-refractivity contribution is 7.98. The number of hydrogen-bond donors (Lipinski definition) is 1. The maximum Gasteiger partial charge on any atom is 0.132 e. The fourth-order valence-electron chi connectivity index (χ4n) is 0.932. The zero-order valence-electron chi connectivity index (χ0n) is 7.37. The van der Waals surface area contributed by atoms with E-state index in [1.54, 1.807) is 17.8 Å². The van der Waals surface area contributed by atoms with Gasteiger partial charge in [0.05, 0.1) is 0 Å². The van der Waals surface area contributed by atoms with E-state index in [1.165, 1.54) is 0 Å². The third-order valence-electron chi connectivity index (χ3n) is 1.45. The molecule has 0 amide bonds. The highest BCUT2D eigenvalue weighted by Crippen LogP contribution is 2.14. The molecule has 0 unspecified atom stereocenters. The summed E-state index contributed by atoms with van der Waals surface area (Å²) in [7, 11) is 0. The topological polar surface area (TPSA) is 51.8 Å². The number of anilines is 1. The molecule has 1 aromatic rings. The molecule has 0 atom stereocenters. The second kappa shape index (κ2) is 4.30. The van der Waals surface area contributed by atoms with Crippen LogP contribution in [0.5, 0.6) is 0 Å². The first-order valence-corrected chi connectivity index (χ1v) is 5.16. The Morgan fingerprint density at radius 2 is 2.25 bits per heavy atom. The number of nitrogens with two attached hydrogens (primary N) is 1. The lowest BCUT2D eigenvalue weighted by atomic mass is 10.3. The summed E-state index contributed by atoms with van der Waals surface area (Å²) in [6.07, 6.45) is 3.94. The zero-order chi connectivity index (χ0) is 8.97. The van der Waals surface area contributed by atoms with Crippen molar-refractivity contribution in [2.24, 2.45) is 0 Å². The van der Waals surface area contributed by atoms with Crippen LogP contribution in [0.3, 0.4) is 0 Å². The maximum absolute atomic E-state index is 5.60. The molecule has 12 heavy (non-hydrogen) atoms. The summed E-state index contributed by atoms with van der Waals surface area (Å²) in [6.45, 7) is 2.10. The van der Waals surface area contributed by atoms with Gasteiger partial charge >= 0.3 is 0 Å². The molecule has 4 heteroatoms. The van der Waals surface area contributed by atoms with E-state index in [0.29, 0.717) is 5.82 Å². The zero-order valence-corrected chi connectivity index (χ0v) is 8.19. The fourth-order valence-corrected chi connectivity index (χ4v) is 1.37.